The minimum Gasteiger partial charge on any atom is -0.477 e. The number of carbonyl (C=O) groups is 6. The van der Waals surface area contributed by atoms with Crippen molar-refractivity contribution in [2.24, 2.45) is 16.2 Å². The monoisotopic (exact) mass is 2030 g/mol. The first-order valence-corrected chi connectivity index (χ1v) is 52.8. The van der Waals surface area contributed by atoms with Crippen molar-refractivity contribution in [3.8, 4) is 0 Å². The van der Waals surface area contributed by atoms with Gasteiger partial charge < -0.3 is 103 Å². The van der Waals surface area contributed by atoms with E-state index in [-0.39, 0.29) is 101 Å². The quantitative estimate of drug-likeness (QED) is 0.0547. The number of alkyl carbamates (subject to hydrolysis) is 3. The molecule has 0 bridgehead atoms. The highest BCUT2D eigenvalue weighted by Gasteiger charge is 2.55. The van der Waals surface area contributed by atoms with Crippen molar-refractivity contribution in [1.29, 1.82) is 0 Å². The van der Waals surface area contributed by atoms with Crippen molar-refractivity contribution >= 4 is 122 Å². The van der Waals surface area contributed by atoms with E-state index in [1.54, 1.807) is 37.2 Å². The fourth-order valence-corrected chi connectivity index (χ4v) is 23.2. The Morgan fingerprint density at radius 2 is 0.694 bits per heavy atom. The van der Waals surface area contributed by atoms with E-state index < -0.39 is 47.0 Å². The van der Waals surface area contributed by atoms with Gasteiger partial charge in [0.1, 0.15) is 51.3 Å². The average Bonchev–Trinajstić information content (AvgIpc) is 1.61. The van der Waals surface area contributed by atoms with Crippen LogP contribution in [-0.2, 0) is 47.4 Å². The molecule has 9 aromatic rings. The van der Waals surface area contributed by atoms with Crippen molar-refractivity contribution in [1.82, 2.24) is 95.0 Å². The highest BCUT2D eigenvalue weighted by atomic mass is 16.6. The number of pyridine rings is 3. The number of piperidine rings is 3. The molecule has 12 aliphatic heterocycles. The second-order valence-electron chi connectivity index (χ2n) is 45.3. The number of anilines is 9. The third-order valence-corrected chi connectivity index (χ3v) is 31.3. The van der Waals surface area contributed by atoms with Gasteiger partial charge >= 0.3 is 30.2 Å². The summed E-state index contributed by atoms with van der Waals surface area (Å²) in [5.74, 6) is 3.29. The first kappa shape index (κ1) is 103. The summed E-state index contributed by atoms with van der Waals surface area (Å²) in [4.78, 5) is 134. The van der Waals surface area contributed by atoms with Crippen LogP contribution in [0, 0.1) is 16.2 Å². The molecule has 792 valence electrons. The predicted molar refractivity (Wildman–Crippen MR) is 549 cm³/mol. The highest BCUT2D eigenvalue weighted by molar-refractivity contribution is 5.95. The molecule has 0 saturated carbocycles. The lowest BCUT2D eigenvalue weighted by Crippen LogP contribution is -2.55. The maximum absolute atomic E-state index is 12.8. The molecule has 147 heavy (non-hydrogen) atoms. The number of rotatable bonds is 15. The van der Waals surface area contributed by atoms with Crippen LogP contribution in [0.1, 0.15) is 304 Å². The highest BCUT2D eigenvalue weighted by Crippen LogP contribution is 2.51. The van der Waals surface area contributed by atoms with Gasteiger partial charge in [-0.3, -0.25) is 4.79 Å². The predicted octanol–water partition coefficient (Wildman–Crippen LogP) is 15.6. The Morgan fingerprint density at radius 3 is 0.980 bits per heavy atom. The lowest BCUT2D eigenvalue weighted by Gasteiger charge is -2.42. The number of carbonyl (C=O) groups excluding carboxylic acids is 5. The Hall–Kier alpha value is -12.1. The van der Waals surface area contributed by atoms with Crippen LogP contribution in [0.25, 0.3) is 33.5 Å². The Balaban J connectivity index is 0.000000139. The molecule has 4 N–H and O–H groups in total. The summed E-state index contributed by atoms with van der Waals surface area (Å²) >= 11 is 0. The summed E-state index contributed by atoms with van der Waals surface area (Å²) in [6, 6.07) is 10.4. The largest absolute Gasteiger partial charge is 0.477 e. The number of hydrogen-bond donors (Lipinski definition) is 4. The molecule has 4 amide bonds. The molecule has 0 radical (unpaired) electrons. The van der Waals surface area contributed by atoms with Gasteiger partial charge in [0.05, 0.1) is 116 Å². The maximum atomic E-state index is 12.8. The number of nitrogens with zero attached hydrogens (tertiary/aromatic N) is 22. The zero-order valence-corrected chi connectivity index (χ0v) is 88.3. The van der Waals surface area contributed by atoms with Crippen LogP contribution in [0.2, 0.25) is 0 Å². The van der Waals surface area contributed by atoms with Gasteiger partial charge in [0.15, 0.2) is 69.6 Å². The average molecular weight is 2030 g/mol. The van der Waals surface area contributed by atoms with Gasteiger partial charge in [-0.25, -0.2) is 82.9 Å². The SMILES string of the molecule is COC(=O)c1ccc2c(n1)[C@H](C)CCN2c1nn(C2CCCCO2)c2nc(N3CCC4(CC3)CO[C@@H](C)[C@H]4NC(=O)OC(C)(C)C)cnc12.C[C@@H]1CCN(c2nn(C3CCCCO3)c3nc(N4CCC5(CC4)CO[C@@H](C)[C@H]5NC(=O)OC(C)(C)C)cnc23)c2ccc(C(=O)N(C)C)nc21.C[C@@H]1CCN(c2nn(C3CCCCO3)c3nc(N4CCC5(CC4)CO[C@@H](C)[C@H]5NC(=O)OC(C)(C)C)cnc23)c2ccc(C(=O)O)nc21. The summed E-state index contributed by atoms with van der Waals surface area (Å²) in [6.45, 7) is 39.6. The van der Waals surface area contributed by atoms with E-state index in [4.69, 9.17) is 103 Å². The molecule has 0 aliphatic carbocycles. The fraction of sp³-hybridized carbons (Fsp3) is 0.657. The molecule has 12 aliphatic rings. The van der Waals surface area contributed by atoms with Gasteiger partial charge in [-0.05, 0) is 235 Å². The van der Waals surface area contributed by atoms with Gasteiger partial charge in [0.25, 0.3) is 5.91 Å². The lowest BCUT2D eigenvalue weighted by molar-refractivity contribution is -0.0369. The van der Waals surface area contributed by atoms with Crippen LogP contribution in [-0.4, -0.2) is 293 Å². The molecular weight excluding hydrogens is 1880 g/mol. The lowest BCUT2D eigenvalue weighted by atomic mass is 9.73. The molecule has 9 fully saturated rings. The number of esters is 1. The van der Waals surface area contributed by atoms with Crippen molar-refractivity contribution in [2.45, 2.75) is 309 Å². The van der Waals surface area contributed by atoms with Crippen molar-refractivity contribution in [2.75, 3.05) is 149 Å². The number of amides is 4. The van der Waals surface area contributed by atoms with Gasteiger partial charge in [0.2, 0.25) is 0 Å². The molecular formula is C105H145N25O17. The Bertz CT molecular complexity index is 6330. The number of hydrogen-bond acceptors (Lipinski definition) is 34. The van der Waals surface area contributed by atoms with Crippen LogP contribution in [0.3, 0.4) is 0 Å². The molecule has 42 nitrogen and oxygen atoms in total. The van der Waals surface area contributed by atoms with Crippen LogP contribution in [0.4, 0.5) is 66.4 Å². The Labute approximate surface area is 857 Å². The third-order valence-electron chi connectivity index (χ3n) is 31.3. The normalized spacial score (nSPS) is 25.4. The van der Waals surface area contributed by atoms with E-state index in [0.29, 0.717) is 103 Å². The second kappa shape index (κ2) is 41.8. The molecule has 0 aromatic carbocycles. The fourth-order valence-electron chi connectivity index (χ4n) is 23.2. The summed E-state index contributed by atoms with van der Waals surface area (Å²) in [5.41, 5.74) is 7.74. The summed E-state index contributed by atoms with van der Waals surface area (Å²) in [6.07, 6.45) is 19.4. The molecule has 21 heterocycles. The third kappa shape index (κ3) is 21.4. The zero-order valence-electron chi connectivity index (χ0n) is 88.3. The van der Waals surface area contributed by atoms with E-state index in [0.717, 1.165) is 225 Å². The van der Waals surface area contributed by atoms with Crippen molar-refractivity contribution in [3.63, 3.8) is 0 Å². The second-order valence-corrected chi connectivity index (χ2v) is 45.3. The number of aromatic carboxylic acids is 1. The van der Waals surface area contributed by atoms with Gasteiger partial charge in [0, 0.05) is 127 Å². The van der Waals surface area contributed by atoms with Crippen LogP contribution < -0.4 is 45.3 Å². The topological polar surface area (TPSA) is 443 Å². The molecule has 9 saturated heterocycles. The van der Waals surface area contributed by atoms with E-state index >= 15 is 0 Å². The van der Waals surface area contributed by atoms with Crippen LogP contribution in [0.15, 0.2) is 55.0 Å². The van der Waals surface area contributed by atoms with Crippen LogP contribution in [0.5, 0.6) is 0 Å². The van der Waals surface area contributed by atoms with Crippen LogP contribution >= 0.6 is 0 Å². The summed E-state index contributed by atoms with van der Waals surface area (Å²) in [7, 11) is 4.85. The molecule has 42 heteroatoms. The number of ether oxygens (including phenoxy) is 10. The molecule has 12 atom stereocenters. The van der Waals surface area contributed by atoms with E-state index in [1.807, 2.05) is 134 Å². The Morgan fingerprint density at radius 1 is 0.395 bits per heavy atom. The van der Waals surface area contributed by atoms with Crippen molar-refractivity contribution in [3.05, 3.63) is 89.2 Å². The number of carboxylic acid groups (broad SMARTS) is 1. The van der Waals surface area contributed by atoms with E-state index in [1.165, 1.54) is 7.11 Å². The molecule has 3 spiro atoms. The minimum atomic E-state index is -1.04. The smallest absolute Gasteiger partial charge is 0.407 e. The van der Waals surface area contributed by atoms with Gasteiger partial charge in [-0.15, -0.1) is 15.3 Å². The standard InChI is InChI=1S/C36H51N9O5.C35H48N8O6.C34H46N8O6/c1-22-13-16-44(25-12-11-24(38-28(22)25)33(46)42(6)7)32-29-31(45(41-32)27-10-8-9-19-48-27)39-26(20-37-29)43-17-14-36(15-18-43)21-49-23(2)30(36)40-34(47)50-35(3,4)5;1-21-12-15-42(24-11-10-23(32(44)46-6)37-27(21)24)31-28-30(43(40-31)26-9-7-8-18-47-26)38-25(19-36-28)41-16-13-35(14-17-41)20-48-22(2)29(35)39-33(45)49-34(3,4)5;1-20-11-14-41(23-10-9-22(31(43)44)36-26(20)23)30-27-29(42(39-30)25-8-6-7-17-46-25)37-24(18-35-27)40-15-12-34(13-16-40)19-47-21(2)28(34)38-32(45)48-33(3,4)5/h11-12,20,22-23,27,30H,8-10,13-19,21H2,1-7H3,(H,40,47);10-11,19,21-22,26,29H,7-9,12-18,20H2,1-6H3,(H,39,45);9-10,18,20-21,25,28H,6-8,11-17,19H2,1-5H3,(H,38,45)(H,43,44)/t22-,23+,27?,30-;21-,22+,26?,29-;20-,21+,25?,28-/m111/s1. The first-order chi connectivity index (χ1) is 70.2. The first-order valence-electron chi connectivity index (χ1n) is 52.8. The summed E-state index contributed by atoms with van der Waals surface area (Å²) in [5, 5.41) is 34.4. The van der Waals surface area contributed by atoms with E-state index in [9.17, 15) is 33.9 Å². The molecule has 3 unspecified atom stereocenters. The van der Waals surface area contributed by atoms with E-state index in [2.05, 4.69) is 71.1 Å². The number of methoxy groups -OCH3 is 1. The maximum Gasteiger partial charge on any atom is 0.407 e. The van der Waals surface area contributed by atoms with Gasteiger partial charge in [-0.1, -0.05) is 20.8 Å². The Kier molecular flexibility index (Phi) is 29.4. The zero-order chi connectivity index (χ0) is 104. The number of nitrogens with one attached hydrogen (secondary N) is 3. The van der Waals surface area contributed by atoms with Gasteiger partial charge in [-0.2, -0.15) is 0 Å². The minimum absolute atomic E-state index is 0.0340. The number of carboxylic acids is 1. The molecule has 21 rings (SSSR count). The number of fused-ring (bicyclic) bond motifs is 6. The summed E-state index contributed by atoms with van der Waals surface area (Å²) < 4.78 is 64.4. The molecule has 9 aromatic heterocycles. The van der Waals surface area contributed by atoms with Crippen molar-refractivity contribution < 1.29 is 81.2 Å². The number of aromatic nitrogens is 15.